The van der Waals surface area contributed by atoms with Gasteiger partial charge in [-0.1, -0.05) is 86.5 Å². The van der Waals surface area contributed by atoms with Crippen LogP contribution in [-0.4, -0.2) is 21.7 Å². The first-order chi connectivity index (χ1) is 18.0. The van der Waals surface area contributed by atoms with Crippen LogP contribution in [0.1, 0.15) is 98.9 Å². The summed E-state index contributed by atoms with van der Waals surface area (Å²) in [6, 6.07) is 15.6. The van der Waals surface area contributed by atoms with Crippen LogP contribution in [0.3, 0.4) is 0 Å². The minimum atomic E-state index is -0.101. The molecule has 0 aliphatic heterocycles. The van der Waals surface area contributed by atoms with Crippen LogP contribution >= 0.6 is 23.2 Å². The lowest BCUT2D eigenvalue weighted by Crippen LogP contribution is -2.33. The smallest absolute Gasteiger partial charge is 0.272 e. The Morgan fingerprint density at radius 2 is 1.76 bits per heavy atom. The third-order valence-electron chi connectivity index (χ3n) is 7.04. The number of benzene rings is 2. The lowest BCUT2D eigenvalue weighted by molar-refractivity contribution is 0.0931. The van der Waals surface area contributed by atoms with Gasteiger partial charge in [-0.3, -0.25) is 4.79 Å². The van der Waals surface area contributed by atoms with Crippen molar-refractivity contribution in [3.8, 4) is 5.69 Å². The van der Waals surface area contributed by atoms with E-state index in [1.165, 1.54) is 25.7 Å². The molecule has 196 valence electrons. The molecule has 4 rings (SSSR count). The van der Waals surface area contributed by atoms with Gasteiger partial charge in [0.25, 0.3) is 5.91 Å². The maximum atomic E-state index is 13.6. The van der Waals surface area contributed by atoms with Crippen LogP contribution < -0.4 is 5.32 Å². The van der Waals surface area contributed by atoms with Crippen LogP contribution in [0.5, 0.6) is 0 Å². The van der Waals surface area contributed by atoms with Crippen LogP contribution in [0.15, 0.2) is 48.5 Å². The van der Waals surface area contributed by atoms with E-state index in [0.717, 1.165) is 66.6 Å². The quantitative estimate of drug-likeness (QED) is 0.207. The van der Waals surface area contributed by atoms with E-state index >= 15 is 0 Å². The Kier molecular flexibility index (Phi) is 9.88. The average Bonchev–Trinajstić information content (AvgIpc) is 3.14. The van der Waals surface area contributed by atoms with Crippen molar-refractivity contribution in [1.29, 1.82) is 0 Å². The molecule has 3 aromatic rings. The first-order valence-corrected chi connectivity index (χ1v) is 14.4. The summed E-state index contributed by atoms with van der Waals surface area (Å²) < 4.78 is 1.88. The van der Waals surface area contributed by atoms with E-state index < -0.39 is 0 Å². The molecule has 4 nitrogen and oxygen atoms in total. The Morgan fingerprint density at radius 1 is 1.03 bits per heavy atom. The Hall–Kier alpha value is -2.56. The van der Waals surface area contributed by atoms with Crippen LogP contribution in [0, 0.1) is 0 Å². The van der Waals surface area contributed by atoms with Gasteiger partial charge in [-0.15, -0.1) is 0 Å². The first-order valence-electron chi connectivity index (χ1n) is 13.6. The van der Waals surface area contributed by atoms with Gasteiger partial charge in [0.2, 0.25) is 0 Å². The summed E-state index contributed by atoms with van der Waals surface area (Å²) >= 11 is 12.8. The zero-order valence-electron chi connectivity index (χ0n) is 21.9. The lowest BCUT2D eigenvalue weighted by Gasteiger charge is -2.13. The van der Waals surface area contributed by atoms with Gasteiger partial charge >= 0.3 is 0 Å². The fraction of sp³-hybridized carbons (Fsp3) is 0.419. The van der Waals surface area contributed by atoms with Crippen molar-refractivity contribution in [2.45, 2.75) is 84.1 Å². The average molecular weight is 539 g/mol. The molecule has 0 unspecified atom stereocenters. The largest absolute Gasteiger partial charge is 0.348 e. The maximum Gasteiger partial charge on any atom is 0.272 e. The number of carbonyl (C=O) groups excluding carboxylic acids is 1. The molecule has 0 bridgehead atoms. The summed E-state index contributed by atoms with van der Waals surface area (Å²) in [7, 11) is 0. The number of allylic oxidation sites excluding steroid dienone is 1. The number of para-hydroxylation sites is 1. The van der Waals surface area contributed by atoms with E-state index in [-0.39, 0.29) is 11.9 Å². The number of halogens is 2. The molecule has 0 saturated carbocycles. The molecule has 1 aromatic heterocycles. The summed E-state index contributed by atoms with van der Waals surface area (Å²) in [5, 5.41) is 9.45. The minimum absolute atomic E-state index is 0.101. The molecule has 1 amide bonds. The van der Waals surface area contributed by atoms with Crippen molar-refractivity contribution >= 4 is 40.8 Å². The highest BCUT2D eigenvalue weighted by molar-refractivity contribution is 6.32. The Bertz CT molecular complexity index is 1230. The van der Waals surface area contributed by atoms with Gasteiger partial charge in [-0.05, 0) is 80.5 Å². The van der Waals surface area contributed by atoms with Crippen LogP contribution in [0.25, 0.3) is 17.3 Å². The summed E-state index contributed by atoms with van der Waals surface area (Å²) in [5.74, 6) is -0.101. The van der Waals surface area contributed by atoms with Gasteiger partial charge in [0.05, 0.1) is 16.4 Å². The summed E-state index contributed by atoms with van der Waals surface area (Å²) in [6.07, 6.45) is 13.0. The molecule has 1 heterocycles. The summed E-state index contributed by atoms with van der Waals surface area (Å²) in [5.41, 5.74) is 5.51. The second-order valence-electron chi connectivity index (χ2n) is 10.0. The number of fused-ring (bicyclic) bond motifs is 1. The normalized spacial score (nSPS) is 15.3. The summed E-state index contributed by atoms with van der Waals surface area (Å²) in [4.78, 5) is 13.6. The van der Waals surface area contributed by atoms with E-state index in [0.29, 0.717) is 15.7 Å². The number of aromatic nitrogens is 2. The minimum Gasteiger partial charge on any atom is -0.348 e. The van der Waals surface area contributed by atoms with Gasteiger partial charge in [-0.2, -0.15) is 5.10 Å². The number of amides is 1. The van der Waals surface area contributed by atoms with Gasteiger partial charge < -0.3 is 5.32 Å². The van der Waals surface area contributed by atoms with E-state index in [4.69, 9.17) is 28.3 Å². The lowest BCUT2D eigenvalue weighted by atomic mass is 10.0. The predicted molar refractivity (Wildman–Crippen MR) is 156 cm³/mol. The molecular weight excluding hydrogens is 501 g/mol. The molecule has 1 atom stereocenters. The Labute approximate surface area is 231 Å². The van der Waals surface area contributed by atoms with Crippen molar-refractivity contribution in [2.24, 2.45) is 0 Å². The predicted octanol–water partition coefficient (Wildman–Crippen LogP) is 8.92. The molecule has 1 aliphatic carbocycles. The number of unbranched alkanes of at least 4 members (excludes halogenated alkanes) is 4. The van der Waals surface area contributed by atoms with Crippen molar-refractivity contribution in [3.05, 3.63) is 81.1 Å². The Morgan fingerprint density at radius 3 is 2.51 bits per heavy atom. The number of rotatable bonds is 10. The van der Waals surface area contributed by atoms with Gasteiger partial charge in [0.15, 0.2) is 5.69 Å². The van der Waals surface area contributed by atoms with Crippen molar-refractivity contribution in [2.75, 3.05) is 0 Å². The number of nitrogens with one attached hydrogen (secondary N) is 1. The highest BCUT2D eigenvalue weighted by Crippen LogP contribution is 2.36. The standard InChI is InChI=1S/C31H37Cl2N3O/c1-3-4-5-6-7-12-22(2)34-31(37)29-26-14-9-8-13-24(21-23-17-19-25(32)20-18-23)30(26)36(35-29)28-16-11-10-15-27(28)33/h10-11,15-22H,3-9,12-14H2,1-2H3,(H,34,37)/b24-21+/t22-/m1/s1. The van der Waals surface area contributed by atoms with Gasteiger partial charge in [-0.25, -0.2) is 4.68 Å². The third-order valence-corrected chi connectivity index (χ3v) is 7.61. The molecule has 0 spiro atoms. The number of hydrogen-bond acceptors (Lipinski definition) is 2. The van der Waals surface area contributed by atoms with E-state index in [1.807, 2.05) is 53.2 Å². The monoisotopic (exact) mass is 537 g/mol. The van der Waals surface area contributed by atoms with Crippen LogP contribution in [0.2, 0.25) is 10.0 Å². The fourth-order valence-corrected chi connectivity index (χ4v) is 5.39. The molecule has 1 N–H and O–H groups in total. The zero-order valence-corrected chi connectivity index (χ0v) is 23.4. The summed E-state index contributed by atoms with van der Waals surface area (Å²) in [6.45, 7) is 4.32. The maximum absolute atomic E-state index is 13.6. The molecule has 1 aliphatic rings. The second kappa shape index (κ2) is 13.3. The van der Waals surface area contributed by atoms with Crippen molar-refractivity contribution < 1.29 is 4.79 Å². The van der Waals surface area contributed by atoms with Gasteiger partial charge in [0.1, 0.15) is 0 Å². The Balaban J connectivity index is 1.70. The van der Waals surface area contributed by atoms with E-state index in [1.54, 1.807) is 0 Å². The number of nitrogens with zero attached hydrogens (tertiary/aromatic N) is 2. The molecule has 37 heavy (non-hydrogen) atoms. The fourth-order valence-electron chi connectivity index (χ4n) is 5.05. The second-order valence-corrected chi connectivity index (χ2v) is 10.9. The topological polar surface area (TPSA) is 46.9 Å². The highest BCUT2D eigenvalue weighted by atomic mass is 35.5. The van der Waals surface area contributed by atoms with Crippen LogP contribution in [-0.2, 0) is 6.42 Å². The SMILES string of the molecule is CCCCCCC[C@@H](C)NC(=O)c1nn(-c2ccccc2Cl)c2c1CCCC/C2=C\c1ccc(Cl)cc1. The molecule has 2 aromatic carbocycles. The molecule has 6 heteroatoms. The molecule has 0 fully saturated rings. The molecule has 0 saturated heterocycles. The number of carbonyl (C=O) groups is 1. The van der Waals surface area contributed by atoms with E-state index in [9.17, 15) is 4.79 Å². The van der Waals surface area contributed by atoms with Crippen LogP contribution in [0.4, 0.5) is 0 Å². The van der Waals surface area contributed by atoms with Crippen molar-refractivity contribution in [3.63, 3.8) is 0 Å². The van der Waals surface area contributed by atoms with E-state index in [2.05, 4.69) is 25.2 Å². The molecular formula is C31H37Cl2N3O. The number of hydrogen-bond donors (Lipinski definition) is 1. The van der Waals surface area contributed by atoms with Gasteiger partial charge in [0, 0.05) is 16.6 Å². The first kappa shape index (κ1) is 27.5. The highest BCUT2D eigenvalue weighted by Gasteiger charge is 2.28. The third kappa shape index (κ3) is 7.06. The molecule has 0 radical (unpaired) electrons. The van der Waals surface area contributed by atoms with Crippen molar-refractivity contribution in [1.82, 2.24) is 15.1 Å². The zero-order chi connectivity index (χ0) is 26.2.